The lowest BCUT2D eigenvalue weighted by Gasteiger charge is -2.01. The highest BCUT2D eigenvalue weighted by Gasteiger charge is 2.14. The van der Waals surface area contributed by atoms with Crippen LogP contribution in [0.4, 0.5) is 5.69 Å². The Morgan fingerprint density at radius 1 is 1.67 bits per heavy atom. The number of halogens is 1. The molecule has 0 aromatic carbocycles. The van der Waals surface area contributed by atoms with Crippen LogP contribution in [0.15, 0.2) is 10.7 Å². The average molecular weight is 233 g/mol. The molecule has 0 saturated carbocycles. The molecule has 6 heteroatoms. The molecule has 1 aromatic heterocycles. The van der Waals surface area contributed by atoms with Crippen molar-refractivity contribution < 1.29 is 15.0 Å². The molecule has 0 amide bonds. The van der Waals surface area contributed by atoms with Gasteiger partial charge in [-0.05, 0) is 22.0 Å². The maximum absolute atomic E-state index is 10.4. The Labute approximate surface area is 76.0 Å². The maximum atomic E-state index is 10.4. The van der Waals surface area contributed by atoms with Crippen molar-refractivity contribution in [2.45, 2.75) is 0 Å². The number of aromatic nitrogens is 1. The molecule has 0 aliphatic rings. The fourth-order valence-corrected chi connectivity index (χ4v) is 1.10. The van der Waals surface area contributed by atoms with E-state index in [-0.39, 0.29) is 10.3 Å². The molecule has 5 nitrogen and oxygen atoms in total. The van der Waals surface area contributed by atoms with Gasteiger partial charge in [-0.15, -0.1) is 0 Å². The highest BCUT2D eigenvalue weighted by molar-refractivity contribution is 9.10. The SMILES string of the molecule is Nc1cc(Br)nc(C(=O)O)c1O. The number of pyridine rings is 1. The van der Waals surface area contributed by atoms with E-state index in [1.54, 1.807) is 0 Å². The van der Waals surface area contributed by atoms with E-state index in [4.69, 9.17) is 15.9 Å². The second kappa shape index (κ2) is 2.98. The summed E-state index contributed by atoms with van der Waals surface area (Å²) in [5, 5.41) is 17.6. The largest absolute Gasteiger partial charge is 0.504 e. The molecule has 0 unspecified atom stereocenters. The molecule has 0 radical (unpaired) electrons. The number of nitrogen functional groups attached to an aromatic ring is 1. The number of nitrogens with zero attached hydrogens (tertiary/aromatic N) is 1. The minimum absolute atomic E-state index is 0.0192. The van der Waals surface area contributed by atoms with Crippen LogP contribution in [-0.2, 0) is 0 Å². The average Bonchev–Trinajstić information content (AvgIpc) is 1.96. The van der Waals surface area contributed by atoms with Gasteiger partial charge in [0.25, 0.3) is 0 Å². The van der Waals surface area contributed by atoms with Gasteiger partial charge in [-0.3, -0.25) is 0 Å². The van der Waals surface area contributed by atoms with Crippen molar-refractivity contribution in [3.05, 3.63) is 16.4 Å². The molecule has 0 aliphatic heterocycles. The monoisotopic (exact) mass is 232 g/mol. The van der Waals surface area contributed by atoms with Crippen molar-refractivity contribution in [3.63, 3.8) is 0 Å². The number of aromatic hydroxyl groups is 1. The fourth-order valence-electron chi connectivity index (χ4n) is 0.675. The minimum Gasteiger partial charge on any atom is -0.504 e. The summed E-state index contributed by atoms with van der Waals surface area (Å²) in [6.45, 7) is 0. The van der Waals surface area contributed by atoms with Crippen LogP contribution in [0.5, 0.6) is 5.75 Å². The molecule has 0 bridgehead atoms. The molecule has 4 N–H and O–H groups in total. The van der Waals surface area contributed by atoms with E-state index in [0.29, 0.717) is 0 Å². The van der Waals surface area contributed by atoms with Gasteiger partial charge >= 0.3 is 5.97 Å². The summed E-state index contributed by atoms with van der Waals surface area (Å²) < 4.78 is 0.273. The van der Waals surface area contributed by atoms with Crippen LogP contribution in [0.3, 0.4) is 0 Å². The Hall–Kier alpha value is -1.30. The Morgan fingerprint density at radius 3 is 2.75 bits per heavy atom. The van der Waals surface area contributed by atoms with Crippen LogP contribution in [0.25, 0.3) is 0 Å². The third kappa shape index (κ3) is 1.48. The molecule has 1 heterocycles. The van der Waals surface area contributed by atoms with E-state index in [1.807, 2.05) is 0 Å². The molecule has 64 valence electrons. The summed E-state index contributed by atoms with van der Waals surface area (Å²) in [5.41, 5.74) is 4.80. The van der Waals surface area contributed by atoms with E-state index < -0.39 is 17.4 Å². The van der Waals surface area contributed by atoms with Crippen LogP contribution in [0.2, 0.25) is 0 Å². The molecule has 1 rings (SSSR count). The van der Waals surface area contributed by atoms with Crippen LogP contribution in [0, 0.1) is 0 Å². The van der Waals surface area contributed by atoms with Gasteiger partial charge in [0, 0.05) is 0 Å². The summed E-state index contributed by atoms with van der Waals surface area (Å²) in [4.78, 5) is 13.9. The predicted molar refractivity (Wildman–Crippen MR) is 45.0 cm³/mol. The molecule has 0 atom stereocenters. The van der Waals surface area contributed by atoms with Crippen molar-refractivity contribution in [2.24, 2.45) is 0 Å². The minimum atomic E-state index is -1.32. The number of carboxylic acids is 1. The van der Waals surface area contributed by atoms with Gasteiger partial charge in [0.05, 0.1) is 5.69 Å². The topological polar surface area (TPSA) is 96.4 Å². The molecule has 0 spiro atoms. The number of anilines is 1. The van der Waals surface area contributed by atoms with Crippen LogP contribution in [-0.4, -0.2) is 21.2 Å². The van der Waals surface area contributed by atoms with E-state index in [0.717, 1.165) is 0 Å². The van der Waals surface area contributed by atoms with Crippen molar-refractivity contribution in [1.29, 1.82) is 0 Å². The lowest BCUT2D eigenvalue weighted by Crippen LogP contribution is -2.03. The molecule has 0 saturated heterocycles. The van der Waals surface area contributed by atoms with Gasteiger partial charge in [-0.1, -0.05) is 0 Å². The Kier molecular flexibility index (Phi) is 2.18. The van der Waals surface area contributed by atoms with Crippen molar-refractivity contribution in [1.82, 2.24) is 4.98 Å². The number of carboxylic acid groups (broad SMARTS) is 1. The van der Waals surface area contributed by atoms with E-state index >= 15 is 0 Å². The zero-order valence-electron chi connectivity index (χ0n) is 5.78. The number of carbonyl (C=O) groups is 1. The number of rotatable bonds is 1. The zero-order chi connectivity index (χ0) is 9.30. The Balaban J connectivity index is 3.37. The normalized spacial score (nSPS) is 9.75. The van der Waals surface area contributed by atoms with Crippen molar-refractivity contribution in [2.75, 3.05) is 5.73 Å². The Morgan fingerprint density at radius 2 is 2.25 bits per heavy atom. The summed E-state index contributed by atoms with van der Waals surface area (Å²) in [5.74, 6) is -1.83. The zero-order valence-corrected chi connectivity index (χ0v) is 7.37. The molecule has 12 heavy (non-hydrogen) atoms. The first-order chi connectivity index (χ1) is 5.52. The lowest BCUT2D eigenvalue weighted by molar-refractivity contribution is 0.0687. The Bertz CT molecular complexity index is 340. The second-order valence-electron chi connectivity index (χ2n) is 2.04. The van der Waals surface area contributed by atoms with E-state index in [1.165, 1.54) is 6.07 Å². The molecule has 0 fully saturated rings. The molecule has 1 aromatic rings. The maximum Gasteiger partial charge on any atom is 0.358 e. The number of hydrogen-bond donors (Lipinski definition) is 3. The lowest BCUT2D eigenvalue weighted by atomic mass is 10.3. The third-order valence-corrected chi connectivity index (χ3v) is 1.60. The van der Waals surface area contributed by atoms with Crippen LogP contribution >= 0.6 is 15.9 Å². The van der Waals surface area contributed by atoms with Gasteiger partial charge in [0.1, 0.15) is 4.60 Å². The van der Waals surface area contributed by atoms with Gasteiger partial charge in [0.2, 0.25) is 0 Å². The summed E-state index contributed by atoms with van der Waals surface area (Å²) in [6.07, 6.45) is 0. The van der Waals surface area contributed by atoms with Crippen molar-refractivity contribution in [3.8, 4) is 5.75 Å². The first-order valence-corrected chi connectivity index (χ1v) is 3.70. The predicted octanol–water partition coefficient (Wildman–Crippen LogP) is 0.830. The second-order valence-corrected chi connectivity index (χ2v) is 2.85. The third-order valence-electron chi connectivity index (χ3n) is 1.19. The summed E-state index contributed by atoms with van der Waals surface area (Å²) in [7, 11) is 0. The van der Waals surface area contributed by atoms with Gasteiger partial charge < -0.3 is 15.9 Å². The smallest absolute Gasteiger partial charge is 0.358 e. The van der Waals surface area contributed by atoms with E-state index in [9.17, 15) is 4.79 Å². The first-order valence-electron chi connectivity index (χ1n) is 2.90. The molecular formula is C6H5BrN2O3. The fraction of sp³-hybridized carbons (Fsp3) is 0. The molecule has 0 aliphatic carbocycles. The van der Waals surface area contributed by atoms with Crippen LogP contribution < -0.4 is 5.73 Å². The van der Waals surface area contributed by atoms with Gasteiger partial charge in [-0.25, -0.2) is 9.78 Å². The summed E-state index contributed by atoms with van der Waals surface area (Å²) >= 11 is 2.95. The first kappa shape index (κ1) is 8.79. The number of aromatic carboxylic acids is 1. The highest BCUT2D eigenvalue weighted by atomic mass is 79.9. The summed E-state index contributed by atoms with van der Waals surface area (Å²) in [6, 6.07) is 1.32. The number of hydrogen-bond acceptors (Lipinski definition) is 4. The number of nitrogens with two attached hydrogens (primary N) is 1. The van der Waals surface area contributed by atoms with Gasteiger partial charge in [0.15, 0.2) is 11.4 Å². The highest BCUT2D eigenvalue weighted by Crippen LogP contribution is 2.26. The quantitative estimate of drug-likeness (QED) is 0.624. The van der Waals surface area contributed by atoms with Crippen molar-refractivity contribution >= 4 is 27.6 Å². The van der Waals surface area contributed by atoms with E-state index in [2.05, 4.69) is 20.9 Å². The van der Waals surface area contributed by atoms with Crippen LogP contribution in [0.1, 0.15) is 10.5 Å². The molecular weight excluding hydrogens is 228 g/mol. The standard InChI is InChI=1S/C6H5BrN2O3/c7-3-1-2(8)5(10)4(9-3)6(11)12/h1,10H,(H2,8,9)(H,11,12). The van der Waals surface area contributed by atoms with Gasteiger partial charge in [-0.2, -0.15) is 0 Å².